The lowest BCUT2D eigenvalue weighted by Gasteiger charge is -2.21. The number of carbonyl (C=O) groups excluding carboxylic acids is 1. The van der Waals surface area contributed by atoms with E-state index in [-0.39, 0.29) is 30.7 Å². The number of aromatic nitrogens is 1. The van der Waals surface area contributed by atoms with Crippen LogP contribution in [0.15, 0.2) is 46.4 Å². The minimum absolute atomic E-state index is 0.0156. The zero-order valence-electron chi connectivity index (χ0n) is 18.2. The minimum atomic E-state index is -4.40. The summed E-state index contributed by atoms with van der Waals surface area (Å²) in [5.41, 5.74) is 1.16. The van der Waals surface area contributed by atoms with Crippen molar-refractivity contribution in [1.29, 1.82) is 0 Å². The number of thiophene rings is 1. The summed E-state index contributed by atoms with van der Waals surface area (Å²) in [5.74, 6) is 0.0216. The monoisotopic (exact) mass is 465 g/mol. The van der Waals surface area contributed by atoms with Crippen LogP contribution in [0.25, 0.3) is 0 Å². The highest BCUT2D eigenvalue weighted by Gasteiger charge is 2.30. The Morgan fingerprint density at radius 2 is 2.03 bits per heavy atom. The second kappa shape index (κ2) is 10.3. The topological polar surface area (TPSA) is 58.4 Å². The van der Waals surface area contributed by atoms with Gasteiger partial charge in [0.1, 0.15) is 6.26 Å². The molecule has 0 spiro atoms. The summed E-state index contributed by atoms with van der Waals surface area (Å²) in [7, 11) is 0. The van der Waals surface area contributed by atoms with Crippen LogP contribution < -0.4 is 5.32 Å². The average Bonchev–Trinajstić information content (AvgIpc) is 3.36. The smallest absolute Gasteiger partial charge is 0.416 e. The maximum atomic E-state index is 13.1. The fourth-order valence-corrected chi connectivity index (χ4v) is 4.07. The zero-order valence-corrected chi connectivity index (χ0v) is 19.0. The summed E-state index contributed by atoms with van der Waals surface area (Å²) < 4.78 is 44.9. The number of carbonyl (C=O) groups is 1. The molecule has 0 radical (unpaired) electrons. The third kappa shape index (κ3) is 6.43. The van der Waals surface area contributed by atoms with Crippen LogP contribution in [0.3, 0.4) is 0 Å². The Labute approximate surface area is 189 Å². The molecule has 32 heavy (non-hydrogen) atoms. The lowest BCUT2D eigenvalue weighted by molar-refractivity contribution is -0.137. The van der Waals surface area contributed by atoms with Crippen molar-refractivity contribution >= 4 is 17.2 Å². The molecule has 1 aromatic carbocycles. The van der Waals surface area contributed by atoms with Gasteiger partial charge in [-0.1, -0.05) is 25.1 Å². The molecule has 172 valence electrons. The normalized spacial score (nSPS) is 12.8. The largest absolute Gasteiger partial charge is 0.447 e. The lowest BCUT2D eigenvalue weighted by atomic mass is 10.1. The number of benzene rings is 1. The zero-order chi connectivity index (χ0) is 23.3. The van der Waals surface area contributed by atoms with Gasteiger partial charge in [-0.05, 0) is 48.9 Å². The van der Waals surface area contributed by atoms with Crippen molar-refractivity contribution in [2.45, 2.75) is 59.0 Å². The van der Waals surface area contributed by atoms with Crippen LogP contribution in [0.2, 0.25) is 0 Å². The van der Waals surface area contributed by atoms with Crippen LogP contribution in [-0.2, 0) is 25.8 Å². The maximum absolute atomic E-state index is 13.1. The van der Waals surface area contributed by atoms with Gasteiger partial charge in [-0.3, -0.25) is 9.69 Å². The van der Waals surface area contributed by atoms with Crippen LogP contribution in [0.1, 0.15) is 58.2 Å². The third-order valence-electron chi connectivity index (χ3n) is 5.13. The number of nitrogens with one attached hydrogen (secondary N) is 1. The summed E-state index contributed by atoms with van der Waals surface area (Å²) in [6.45, 7) is 6.92. The Morgan fingerprint density at radius 1 is 1.25 bits per heavy atom. The minimum Gasteiger partial charge on any atom is -0.447 e. The number of aryl methyl sites for hydroxylation is 1. The van der Waals surface area contributed by atoms with Crippen LogP contribution in [0.5, 0.6) is 0 Å². The predicted octanol–water partition coefficient (Wildman–Crippen LogP) is 5.79. The SMILES string of the molecule is CC[C@@H](C)NC(=O)c1coc(CN(Cc2cccc(C(F)(F)F)c2)Cc2sccc2C)n1. The number of hydrogen-bond donors (Lipinski definition) is 1. The highest BCUT2D eigenvalue weighted by atomic mass is 32.1. The van der Waals surface area contributed by atoms with Crippen LogP contribution >= 0.6 is 11.3 Å². The summed E-state index contributed by atoms with van der Waals surface area (Å²) in [6.07, 6.45) is -2.29. The number of nitrogens with zero attached hydrogens (tertiary/aromatic N) is 2. The van der Waals surface area contributed by atoms with Gasteiger partial charge >= 0.3 is 6.18 Å². The first kappa shape index (κ1) is 24.0. The molecule has 5 nitrogen and oxygen atoms in total. The second-order valence-electron chi connectivity index (χ2n) is 7.78. The third-order valence-corrected chi connectivity index (χ3v) is 6.14. The molecule has 2 aromatic heterocycles. The van der Waals surface area contributed by atoms with Gasteiger partial charge in [0.2, 0.25) is 5.89 Å². The fraction of sp³-hybridized carbons (Fsp3) is 0.391. The number of halogens is 3. The quantitative estimate of drug-likeness (QED) is 0.434. The van der Waals surface area contributed by atoms with Crippen LogP contribution in [-0.4, -0.2) is 21.8 Å². The van der Waals surface area contributed by atoms with Gasteiger partial charge in [0.25, 0.3) is 5.91 Å². The van der Waals surface area contributed by atoms with Gasteiger partial charge in [0.05, 0.1) is 12.1 Å². The van der Waals surface area contributed by atoms with E-state index in [1.165, 1.54) is 12.3 Å². The molecule has 1 atom stereocenters. The Hall–Kier alpha value is -2.65. The van der Waals surface area contributed by atoms with E-state index in [1.807, 2.05) is 37.1 Å². The molecule has 0 bridgehead atoms. The van der Waals surface area contributed by atoms with Crippen LogP contribution in [0.4, 0.5) is 13.2 Å². The van der Waals surface area contributed by atoms with E-state index in [0.29, 0.717) is 18.0 Å². The summed E-state index contributed by atoms with van der Waals surface area (Å²) in [5, 5.41) is 4.82. The van der Waals surface area contributed by atoms with E-state index in [4.69, 9.17) is 4.42 Å². The average molecular weight is 466 g/mol. The van der Waals surface area contributed by atoms with Crippen molar-refractivity contribution < 1.29 is 22.4 Å². The molecule has 0 saturated carbocycles. The first-order valence-electron chi connectivity index (χ1n) is 10.3. The molecule has 0 fully saturated rings. The maximum Gasteiger partial charge on any atom is 0.416 e. The number of oxazole rings is 1. The van der Waals surface area contributed by atoms with Gasteiger partial charge in [0.15, 0.2) is 5.69 Å². The standard InChI is InChI=1S/C23H26F3N3O2S/c1-4-16(3)27-22(30)19-14-31-21(28-19)13-29(12-20-15(2)8-9-32-20)11-17-6-5-7-18(10-17)23(24,25)26/h5-10,14,16H,4,11-13H2,1-3H3,(H,27,30)/t16-/m1/s1. The van der Waals surface area contributed by atoms with E-state index >= 15 is 0 Å². The molecule has 3 aromatic rings. The predicted molar refractivity (Wildman–Crippen MR) is 117 cm³/mol. The van der Waals surface area contributed by atoms with E-state index < -0.39 is 11.7 Å². The van der Waals surface area contributed by atoms with Crippen molar-refractivity contribution in [3.05, 3.63) is 75.1 Å². The highest BCUT2D eigenvalue weighted by molar-refractivity contribution is 7.10. The van der Waals surface area contributed by atoms with E-state index in [9.17, 15) is 18.0 Å². The van der Waals surface area contributed by atoms with Gasteiger partial charge in [0, 0.05) is 24.0 Å². The number of rotatable bonds is 9. The number of amides is 1. The molecule has 0 aliphatic heterocycles. The first-order valence-corrected chi connectivity index (χ1v) is 11.2. The Bertz CT molecular complexity index is 1050. The summed E-state index contributed by atoms with van der Waals surface area (Å²) in [4.78, 5) is 19.6. The van der Waals surface area contributed by atoms with Crippen molar-refractivity contribution in [1.82, 2.24) is 15.2 Å². The molecule has 9 heteroatoms. The number of hydrogen-bond acceptors (Lipinski definition) is 5. The molecular weight excluding hydrogens is 439 g/mol. The molecular formula is C23H26F3N3O2S. The highest BCUT2D eigenvalue weighted by Crippen LogP contribution is 2.30. The molecule has 1 amide bonds. The molecule has 0 aliphatic rings. The van der Waals surface area contributed by atoms with E-state index in [2.05, 4.69) is 10.3 Å². The molecule has 2 heterocycles. The molecule has 1 N–H and O–H groups in total. The second-order valence-corrected chi connectivity index (χ2v) is 8.78. The fourth-order valence-electron chi connectivity index (χ4n) is 3.12. The van der Waals surface area contributed by atoms with Gasteiger partial charge in [-0.2, -0.15) is 13.2 Å². The van der Waals surface area contributed by atoms with Crippen molar-refractivity contribution in [2.75, 3.05) is 0 Å². The summed E-state index contributed by atoms with van der Waals surface area (Å²) in [6, 6.07) is 7.33. The molecule has 3 rings (SSSR count). The van der Waals surface area contributed by atoms with Crippen molar-refractivity contribution in [2.24, 2.45) is 0 Å². The van der Waals surface area contributed by atoms with Crippen molar-refractivity contribution in [3.63, 3.8) is 0 Å². The molecule has 0 aliphatic carbocycles. The van der Waals surface area contributed by atoms with Gasteiger partial charge in [-0.15, -0.1) is 11.3 Å². The first-order chi connectivity index (χ1) is 15.2. The Morgan fingerprint density at radius 3 is 2.69 bits per heavy atom. The van der Waals surface area contributed by atoms with E-state index in [1.54, 1.807) is 17.4 Å². The van der Waals surface area contributed by atoms with Crippen molar-refractivity contribution in [3.8, 4) is 0 Å². The summed E-state index contributed by atoms with van der Waals surface area (Å²) >= 11 is 1.59. The van der Waals surface area contributed by atoms with Gasteiger partial charge < -0.3 is 9.73 Å². The van der Waals surface area contributed by atoms with Crippen LogP contribution in [0, 0.1) is 6.92 Å². The lowest BCUT2D eigenvalue weighted by Crippen LogP contribution is -2.32. The van der Waals surface area contributed by atoms with Gasteiger partial charge in [-0.25, -0.2) is 4.98 Å². The molecule has 0 unspecified atom stereocenters. The number of alkyl halides is 3. The Kier molecular flexibility index (Phi) is 7.73. The molecule has 0 saturated heterocycles. The van der Waals surface area contributed by atoms with E-state index in [0.717, 1.165) is 29.0 Å². The Balaban J connectivity index is 1.78.